The SMILES string of the molecule is CN(Cc1cccnc1N)[C@H]1CCCN(CCc2ccccc2)C1. The van der Waals surface area contributed by atoms with E-state index in [1.165, 1.54) is 24.9 Å². The molecule has 2 heterocycles. The topological polar surface area (TPSA) is 45.4 Å². The minimum absolute atomic E-state index is 0.592. The van der Waals surface area contributed by atoms with E-state index < -0.39 is 0 Å². The smallest absolute Gasteiger partial charge is 0.127 e. The van der Waals surface area contributed by atoms with Gasteiger partial charge in [-0.15, -0.1) is 0 Å². The fourth-order valence-electron chi connectivity index (χ4n) is 3.51. The van der Waals surface area contributed by atoms with Crippen molar-refractivity contribution in [3.05, 3.63) is 59.8 Å². The van der Waals surface area contributed by atoms with Gasteiger partial charge in [0.1, 0.15) is 5.82 Å². The van der Waals surface area contributed by atoms with Crippen molar-refractivity contribution in [1.29, 1.82) is 0 Å². The van der Waals surface area contributed by atoms with Crippen molar-refractivity contribution >= 4 is 5.82 Å². The lowest BCUT2D eigenvalue weighted by Gasteiger charge is -2.37. The van der Waals surface area contributed by atoms with Gasteiger partial charge in [0.2, 0.25) is 0 Å². The summed E-state index contributed by atoms with van der Waals surface area (Å²) in [4.78, 5) is 9.23. The highest BCUT2D eigenvalue weighted by Crippen LogP contribution is 2.19. The summed E-state index contributed by atoms with van der Waals surface area (Å²) in [5, 5.41) is 0. The van der Waals surface area contributed by atoms with Gasteiger partial charge < -0.3 is 10.6 Å². The van der Waals surface area contributed by atoms with Crippen molar-refractivity contribution in [2.24, 2.45) is 0 Å². The van der Waals surface area contributed by atoms with Crippen LogP contribution < -0.4 is 5.73 Å². The van der Waals surface area contributed by atoms with Crippen LogP contribution in [0, 0.1) is 0 Å². The molecule has 1 aliphatic heterocycles. The zero-order valence-electron chi connectivity index (χ0n) is 14.6. The number of hydrogen-bond donors (Lipinski definition) is 1. The molecule has 1 fully saturated rings. The van der Waals surface area contributed by atoms with Gasteiger partial charge in [-0.1, -0.05) is 36.4 Å². The molecule has 24 heavy (non-hydrogen) atoms. The third-order valence-corrected chi connectivity index (χ3v) is 5.01. The molecule has 128 valence electrons. The maximum atomic E-state index is 5.99. The molecule has 4 heteroatoms. The fraction of sp³-hybridized carbons (Fsp3) is 0.450. The molecule has 0 aliphatic carbocycles. The van der Waals surface area contributed by atoms with E-state index in [0.29, 0.717) is 11.9 Å². The first-order chi connectivity index (χ1) is 11.7. The van der Waals surface area contributed by atoms with Crippen LogP contribution in [0.3, 0.4) is 0 Å². The fourth-order valence-corrected chi connectivity index (χ4v) is 3.51. The number of pyridine rings is 1. The second-order valence-electron chi connectivity index (χ2n) is 6.80. The quantitative estimate of drug-likeness (QED) is 0.887. The maximum Gasteiger partial charge on any atom is 0.127 e. The van der Waals surface area contributed by atoms with Crippen molar-refractivity contribution in [2.75, 3.05) is 32.4 Å². The Bertz CT molecular complexity index is 629. The lowest BCUT2D eigenvalue weighted by Crippen LogP contribution is -2.46. The minimum atomic E-state index is 0.592. The number of piperidine rings is 1. The average molecular weight is 324 g/mol. The monoisotopic (exact) mass is 324 g/mol. The normalized spacial score (nSPS) is 18.8. The molecule has 4 nitrogen and oxygen atoms in total. The summed E-state index contributed by atoms with van der Waals surface area (Å²) in [6.07, 6.45) is 5.42. The van der Waals surface area contributed by atoms with Gasteiger partial charge in [-0.25, -0.2) is 4.98 Å². The van der Waals surface area contributed by atoms with Crippen LogP contribution >= 0.6 is 0 Å². The molecular weight excluding hydrogens is 296 g/mol. The van der Waals surface area contributed by atoms with E-state index >= 15 is 0 Å². The van der Waals surface area contributed by atoms with Crippen LogP contribution in [-0.4, -0.2) is 47.5 Å². The van der Waals surface area contributed by atoms with E-state index in [9.17, 15) is 0 Å². The lowest BCUT2D eigenvalue weighted by molar-refractivity contribution is 0.113. The molecule has 1 saturated heterocycles. The molecule has 0 saturated carbocycles. The second kappa shape index (κ2) is 8.27. The van der Waals surface area contributed by atoms with Crippen molar-refractivity contribution < 1.29 is 0 Å². The molecule has 0 radical (unpaired) electrons. The third-order valence-electron chi connectivity index (χ3n) is 5.01. The molecule has 0 bridgehead atoms. The molecule has 0 spiro atoms. The Kier molecular flexibility index (Phi) is 5.83. The molecule has 2 N–H and O–H groups in total. The van der Waals surface area contributed by atoms with E-state index in [2.05, 4.69) is 58.2 Å². The summed E-state index contributed by atoms with van der Waals surface area (Å²) >= 11 is 0. The summed E-state index contributed by atoms with van der Waals surface area (Å²) in [5.41, 5.74) is 8.54. The van der Waals surface area contributed by atoms with E-state index in [1.807, 2.05) is 6.07 Å². The predicted octanol–water partition coefficient (Wildman–Crippen LogP) is 2.80. The number of anilines is 1. The van der Waals surface area contributed by atoms with Crippen LogP contribution in [0.4, 0.5) is 5.82 Å². The van der Waals surface area contributed by atoms with Crippen LogP contribution in [0.1, 0.15) is 24.0 Å². The number of hydrogen-bond acceptors (Lipinski definition) is 4. The van der Waals surface area contributed by atoms with E-state index in [1.54, 1.807) is 6.20 Å². The standard InChI is InChI=1S/C20H28N4/c1-23(15-18-9-5-12-22-20(18)21)19-10-6-13-24(16-19)14-11-17-7-3-2-4-8-17/h2-5,7-9,12,19H,6,10-11,13-16H2,1H3,(H2,21,22)/t19-/m0/s1. The Labute approximate surface area is 145 Å². The van der Waals surface area contributed by atoms with E-state index in [0.717, 1.165) is 31.6 Å². The lowest BCUT2D eigenvalue weighted by atomic mass is 10.0. The van der Waals surface area contributed by atoms with Crippen LogP contribution in [0.15, 0.2) is 48.7 Å². The van der Waals surface area contributed by atoms with Crippen LogP contribution in [0.25, 0.3) is 0 Å². The molecule has 3 rings (SSSR count). The number of nitrogen functional groups attached to an aromatic ring is 1. The Morgan fingerprint density at radius 3 is 2.83 bits per heavy atom. The largest absolute Gasteiger partial charge is 0.383 e. The van der Waals surface area contributed by atoms with E-state index in [-0.39, 0.29) is 0 Å². The number of likely N-dealkylation sites (tertiary alicyclic amines) is 1. The highest BCUT2D eigenvalue weighted by molar-refractivity contribution is 5.38. The Morgan fingerprint density at radius 2 is 2.04 bits per heavy atom. The Morgan fingerprint density at radius 1 is 1.21 bits per heavy atom. The highest BCUT2D eigenvalue weighted by atomic mass is 15.2. The van der Waals surface area contributed by atoms with Crippen LogP contribution in [0.5, 0.6) is 0 Å². The summed E-state index contributed by atoms with van der Waals surface area (Å²) in [5.74, 6) is 0.654. The van der Waals surface area contributed by atoms with Gasteiger partial charge >= 0.3 is 0 Å². The number of likely N-dealkylation sites (N-methyl/N-ethyl adjacent to an activating group) is 1. The average Bonchev–Trinajstić information content (AvgIpc) is 2.63. The molecule has 1 aromatic heterocycles. The number of aromatic nitrogens is 1. The highest BCUT2D eigenvalue weighted by Gasteiger charge is 2.23. The first-order valence-electron chi connectivity index (χ1n) is 8.88. The Hall–Kier alpha value is -1.91. The first-order valence-corrected chi connectivity index (χ1v) is 8.88. The third kappa shape index (κ3) is 4.56. The molecule has 1 aliphatic rings. The predicted molar refractivity (Wildman–Crippen MR) is 99.7 cm³/mol. The van der Waals surface area contributed by atoms with Gasteiger partial charge in [-0.2, -0.15) is 0 Å². The molecule has 0 unspecified atom stereocenters. The van der Waals surface area contributed by atoms with Crippen molar-refractivity contribution in [2.45, 2.75) is 31.8 Å². The van der Waals surface area contributed by atoms with Gasteiger partial charge in [0.15, 0.2) is 0 Å². The summed E-state index contributed by atoms with van der Waals surface area (Å²) in [6, 6.07) is 15.4. The number of rotatable bonds is 6. The second-order valence-corrected chi connectivity index (χ2v) is 6.80. The molecule has 2 aromatic rings. The number of benzene rings is 1. The van der Waals surface area contributed by atoms with Gasteiger partial charge in [-0.05, 0) is 44.5 Å². The molecule has 1 aromatic carbocycles. The van der Waals surface area contributed by atoms with Crippen molar-refractivity contribution in [1.82, 2.24) is 14.8 Å². The molecule has 1 atom stereocenters. The number of nitrogens with two attached hydrogens (primary N) is 1. The van der Waals surface area contributed by atoms with Crippen molar-refractivity contribution in [3.8, 4) is 0 Å². The molecule has 0 amide bonds. The minimum Gasteiger partial charge on any atom is -0.383 e. The summed E-state index contributed by atoms with van der Waals surface area (Å²) in [7, 11) is 2.21. The van der Waals surface area contributed by atoms with E-state index in [4.69, 9.17) is 5.73 Å². The first kappa shape index (κ1) is 16.9. The van der Waals surface area contributed by atoms with Crippen molar-refractivity contribution in [3.63, 3.8) is 0 Å². The molecular formula is C20H28N4. The zero-order valence-corrected chi connectivity index (χ0v) is 14.6. The zero-order chi connectivity index (χ0) is 16.8. The number of nitrogens with zero attached hydrogens (tertiary/aromatic N) is 3. The van der Waals surface area contributed by atoms with Gasteiger partial charge in [0, 0.05) is 37.4 Å². The summed E-state index contributed by atoms with van der Waals surface area (Å²) in [6.45, 7) is 4.37. The van der Waals surface area contributed by atoms with Gasteiger partial charge in [-0.3, -0.25) is 4.90 Å². The van der Waals surface area contributed by atoms with Crippen LogP contribution in [0.2, 0.25) is 0 Å². The van der Waals surface area contributed by atoms with Crippen LogP contribution in [-0.2, 0) is 13.0 Å². The summed E-state index contributed by atoms with van der Waals surface area (Å²) < 4.78 is 0. The Balaban J connectivity index is 1.52. The van der Waals surface area contributed by atoms with Gasteiger partial charge in [0.25, 0.3) is 0 Å². The maximum absolute atomic E-state index is 5.99. The van der Waals surface area contributed by atoms with Gasteiger partial charge in [0.05, 0.1) is 0 Å².